The lowest BCUT2D eigenvalue weighted by Gasteiger charge is -2.37. The molecule has 5 N–H and O–H groups in total. The summed E-state index contributed by atoms with van der Waals surface area (Å²) in [6.45, 7) is 12.3. The molecule has 0 bridgehead atoms. The Kier molecular flexibility index (Phi) is 13.4. The summed E-state index contributed by atoms with van der Waals surface area (Å²) in [4.78, 5) is 52.2. The molecule has 0 spiro atoms. The first kappa shape index (κ1) is 36.3. The third-order valence-electron chi connectivity index (χ3n) is 7.71. The van der Waals surface area contributed by atoms with Gasteiger partial charge in [-0.15, -0.1) is 0 Å². The zero-order valence-corrected chi connectivity index (χ0v) is 26.9. The van der Waals surface area contributed by atoms with E-state index in [1.807, 2.05) is 43.3 Å². The number of hydrogen-bond acceptors (Lipinski definition) is 6. The number of alkyl carbamates (subject to hydrolysis) is 1. The highest BCUT2D eigenvalue weighted by Crippen LogP contribution is 2.25. The van der Waals surface area contributed by atoms with Crippen LogP contribution in [0.3, 0.4) is 0 Å². The van der Waals surface area contributed by atoms with Crippen LogP contribution in [0, 0.1) is 11.8 Å². The minimum Gasteiger partial charge on any atom is -0.479 e. The first-order valence-electron chi connectivity index (χ1n) is 15.2. The molecule has 0 heterocycles. The van der Waals surface area contributed by atoms with Crippen molar-refractivity contribution in [2.75, 3.05) is 0 Å². The van der Waals surface area contributed by atoms with Crippen LogP contribution in [0.2, 0.25) is 0 Å². The van der Waals surface area contributed by atoms with Crippen LogP contribution in [0.1, 0.15) is 72.4 Å². The molecule has 0 aromatic heterocycles. The molecule has 0 aliphatic heterocycles. The lowest BCUT2D eigenvalue weighted by molar-refractivity contribution is -0.150. The Balaban J connectivity index is 2.25. The first-order valence-corrected chi connectivity index (χ1v) is 15.2. The maximum Gasteiger partial charge on any atom is 0.407 e. The molecule has 2 aromatic carbocycles. The van der Waals surface area contributed by atoms with E-state index in [0.29, 0.717) is 6.42 Å². The highest BCUT2D eigenvalue weighted by molar-refractivity contribution is 5.92. The monoisotopic (exact) mass is 611 g/mol. The van der Waals surface area contributed by atoms with Gasteiger partial charge in [0.05, 0.1) is 18.6 Å². The van der Waals surface area contributed by atoms with Gasteiger partial charge in [0.2, 0.25) is 11.8 Å². The molecule has 0 aliphatic rings. The van der Waals surface area contributed by atoms with Crippen molar-refractivity contribution in [1.82, 2.24) is 16.0 Å². The van der Waals surface area contributed by atoms with Gasteiger partial charge in [-0.05, 0) is 50.2 Å². The van der Waals surface area contributed by atoms with Crippen molar-refractivity contribution in [2.24, 2.45) is 11.8 Å². The molecule has 0 saturated carbocycles. The Bertz CT molecular complexity index is 1230. The van der Waals surface area contributed by atoms with Crippen molar-refractivity contribution in [3.05, 3.63) is 71.8 Å². The van der Waals surface area contributed by atoms with E-state index in [9.17, 15) is 29.4 Å². The molecule has 242 valence electrons. The maximum absolute atomic E-state index is 13.7. The molecule has 44 heavy (non-hydrogen) atoms. The van der Waals surface area contributed by atoms with E-state index >= 15 is 0 Å². The first-order chi connectivity index (χ1) is 20.6. The summed E-state index contributed by atoms with van der Waals surface area (Å²) in [5, 5.41) is 29.6. The van der Waals surface area contributed by atoms with E-state index in [2.05, 4.69) is 16.0 Å². The predicted molar refractivity (Wildman–Crippen MR) is 169 cm³/mol. The SMILES string of the molecule is CC[C@H](C)[C@H](NC(=O)C[C@H](O)[C@H](Cc1ccccc1)NC(=O)OC(C)(C)C)C(=O)NC(Cc1ccccc1)(C(=O)O)C(C)C. The molecule has 1 unspecified atom stereocenters. The Morgan fingerprint density at radius 2 is 1.41 bits per heavy atom. The number of carboxylic acids is 1. The van der Waals surface area contributed by atoms with Crippen LogP contribution < -0.4 is 16.0 Å². The number of rotatable bonds is 15. The van der Waals surface area contributed by atoms with Crippen LogP contribution in [-0.2, 0) is 32.0 Å². The van der Waals surface area contributed by atoms with E-state index < -0.39 is 65.5 Å². The van der Waals surface area contributed by atoms with E-state index in [1.54, 1.807) is 65.8 Å². The Labute approximate surface area is 261 Å². The number of aliphatic hydroxyl groups is 1. The van der Waals surface area contributed by atoms with Gasteiger partial charge in [0, 0.05) is 6.42 Å². The standard InChI is InChI=1S/C34H49N3O7/c1-8-23(4)29(30(40)37-34(22(2)3,31(41)42)21-25-17-13-10-14-18-25)36-28(39)20-27(38)26(19-24-15-11-9-12-16-24)35-32(43)44-33(5,6)7/h9-18,22-23,26-27,29,38H,8,19-21H2,1-7H3,(H,35,43)(H,36,39)(H,37,40)(H,41,42)/t23-,26-,27-,29-,34?/m0/s1. The fourth-order valence-corrected chi connectivity index (χ4v) is 4.86. The second-order valence-electron chi connectivity index (χ2n) is 12.7. The number of carboxylic acid groups (broad SMARTS) is 1. The summed E-state index contributed by atoms with van der Waals surface area (Å²) in [5.41, 5.74) is -0.797. The summed E-state index contributed by atoms with van der Waals surface area (Å²) in [6.07, 6.45) is -1.63. The van der Waals surface area contributed by atoms with E-state index in [1.165, 1.54) is 0 Å². The minimum absolute atomic E-state index is 0.0595. The molecule has 2 rings (SSSR count). The lowest BCUT2D eigenvalue weighted by Crippen LogP contribution is -2.64. The minimum atomic E-state index is -1.62. The van der Waals surface area contributed by atoms with Crippen molar-refractivity contribution < 1.29 is 34.1 Å². The fraction of sp³-hybridized carbons (Fsp3) is 0.529. The average Bonchev–Trinajstić information content (AvgIpc) is 2.94. The number of hydrogen-bond donors (Lipinski definition) is 5. The van der Waals surface area contributed by atoms with Crippen LogP contribution in [0.5, 0.6) is 0 Å². The van der Waals surface area contributed by atoms with Crippen molar-refractivity contribution in [1.29, 1.82) is 0 Å². The van der Waals surface area contributed by atoms with Gasteiger partial charge in [-0.2, -0.15) is 0 Å². The van der Waals surface area contributed by atoms with Crippen molar-refractivity contribution >= 4 is 23.9 Å². The molecule has 10 nitrogen and oxygen atoms in total. The Morgan fingerprint density at radius 3 is 1.89 bits per heavy atom. The molecule has 2 aromatic rings. The van der Waals surface area contributed by atoms with Gasteiger partial charge in [0.15, 0.2) is 0 Å². The maximum atomic E-state index is 13.7. The van der Waals surface area contributed by atoms with Crippen molar-refractivity contribution in [3.63, 3.8) is 0 Å². The van der Waals surface area contributed by atoms with Gasteiger partial charge < -0.3 is 30.9 Å². The van der Waals surface area contributed by atoms with Gasteiger partial charge in [-0.25, -0.2) is 9.59 Å². The Morgan fingerprint density at radius 1 is 0.864 bits per heavy atom. The molecule has 0 fully saturated rings. The summed E-state index contributed by atoms with van der Waals surface area (Å²) in [6, 6.07) is 16.3. The van der Waals surface area contributed by atoms with E-state index in [4.69, 9.17) is 4.74 Å². The van der Waals surface area contributed by atoms with Gasteiger partial charge in [-0.3, -0.25) is 9.59 Å². The fourth-order valence-electron chi connectivity index (χ4n) is 4.86. The topological polar surface area (TPSA) is 154 Å². The molecule has 10 heteroatoms. The van der Waals surface area contributed by atoms with Crippen LogP contribution in [-0.4, -0.2) is 63.4 Å². The average molecular weight is 612 g/mol. The van der Waals surface area contributed by atoms with E-state index in [-0.39, 0.29) is 18.8 Å². The number of carbonyl (C=O) groups is 4. The summed E-state index contributed by atoms with van der Waals surface area (Å²) >= 11 is 0. The lowest BCUT2D eigenvalue weighted by atomic mass is 9.80. The van der Waals surface area contributed by atoms with Crippen molar-refractivity contribution in [2.45, 2.75) is 103 Å². The normalized spacial score (nSPS) is 15.7. The second-order valence-corrected chi connectivity index (χ2v) is 12.7. The number of nitrogens with one attached hydrogen (secondary N) is 3. The van der Waals surface area contributed by atoms with Crippen LogP contribution >= 0.6 is 0 Å². The highest BCUT2D eigenvalue weighted by Gasteiger charge is 2.45. The number of aliphatic carboxylic acids is 1. The molecule has 5 atom stereocenters. The predicted octanol–water partition coefficient (Wildman–Crippen LogP) is 4.24. The molecule has 0 aliphatic carbocycles. The summed E-state index contributed by atoms with van der Waals surface area (Å²) in [5.74, 6) is -3.23. The molecule has 3 amide bonds. The number of amides is 3. The molecular formula is C34H49N3O7. The number of carbonyl (C=O) groups excluding carboxylic acids is 3. The van der Waals surface area contributed by atoms with Gasteiger partial charge in [0.25, 0.3) is 0 Å². The second kappa shape index (κ2) is 16.2. The molecular weight excluding hydrogens is 562 g/mol. The third kappa shape index (κ3) is 11.0. The van der Waals surface area contributed by atoms with Crippen LogP contribution in [0.25, 0.3) is 0 Å². The Hall–Kier alpha value is -3.92. The summed E-state index contributed by atoms with van der Waals surface area (Å²) < 4.78 is 5.37. The van der Waals surface area contributed by atoms with E-state index in [0.717, 1.165) is 11.1 Å². The van der Waals surface area contributed by atoms with Gasteiger partial charge in [-0.1, -0.05) is 94.8 Å². The van der Waals surface area contributed by atoms with Gasteiger partial charge >= 0.3 is 12.1 Å². The quantitative estimate of drug-likeness (QED) is 0.202. The van der Waals surface area contributed by atoms with Crippen molar-refractivity contribution in [3.8, 4) is 0 Å². The zero-order valence-electron chi connectivity index (χ0n) is 26.9. The third-order valence-corrected chi connectivity index (χ3v) is 7.71. The summed E-state index contributed by atoms with van der Waals surface area (Å²) in [7, 11) is 0. The van der Waals surface area contributed by atoms with Crippen LogP contribution in [0.15, 0.2) is 60.7 Å². The number of ether oxygens (including phenoxy) is 1. The molecule has 0 saturated heterocycles. The van der Waals surface area contributed by atoms with Gasteiger partial charge in [0.1, 0.15) is 17.2 Å². The molecule has 0 radical (unpaired) electrons. The zero-order chi connectivity index (χ0) is 33.1. The smallest absolute Gasteiger partial charge is 0.407 e. The highest BCUT2D eigenvalue weighted by atomic mass is 16.6. The number of benzene rings is 2. The van der Waals surface area contributed by atoms with Crippen LogP contribution in [0.4, 0.5) is 4.79 Å². The number of aliphatic hydroxyl groups excluding tert-OH is 1. The largest absolute Gasteiger partial charge is 0.479 e.